The molecule has 1 aliphatic carbocycles. The zero-order valence-corrected chi connectivity index (χ0v) is 11.7. The van der Waals surface area contributed by atoms with Crippen LogP contribution in [0.5, 0.6) is 0 Å². The first kappa shape index (κ1) is 14.0. The predicted octanol–water partition coefficient (Wildman–Crippen LogP) is 3.03. The van der Waals surface area contributed by atoms with Gasteiger partial charge >= 0.3 is 0 Å². The van der Waals surface area contributed by atoms with Gasteiger partial charge in [0.15, 0.2) is 0 Å². The summed E-state index contributed by atoms with van der Waals surface area (Å²) in [6.45, 7) is 12.7. The molecule has 0 saturated heterocycles. The number of rotatable bonds is 7. The smallest absolute Gasteiger partial charge is 0.0123 e. The molecule has 0 aromatic heterocycles. The number of hydrogen-bond donors (Lipinski definition) is 1. The van der Waals surface area contributed by atoms with Gasteiger partial charge in [-0.15, -0.1) is 0 Å². The summed E-state index contributed by atoms with van der Waals surface area (Å²) in [7, 11) is 0. The molecule has 96 valence electrons. The Balaban J connectivity index is 2.23. The van der Waals surface area contributed by atoms with E-state index in [1.54, 1.807) is 0 Å². The minimum Gasteiger partial charge on any atom is -0.311 e. The largest absolute Gasteiger partial charge is 0.311 e. The van der Waals surface area contributed by atoms with Gasteiger partial charge in [-0.1, -0.05) is 26.7 Å². The highest BCUT2D eigenvalue weighted by Crippen LogP contribution is 2.22. The third-order valence-corrected chi connectivity index (χ3v) is 4.13. The van der Waals surface area contributed by atoms with Crippen molar-refractivity contribution in [3.63, 3.8) is 0 Å². The molecule has 16 heavy (non-hydrogen) atoms. The first-order chi connectivity index (χ1) is 7.59. The summed E-state index contributed by atoms with van der Waals surface area (Å²) >= 11 is 0. The van der Waals surface area contributed by atoms with Crippen molar-refractivity contribution >= 4 is 0 Å². The van der Waals surface area contributed by atoms with Crippen molar-refractivity contribution in [2.45, 2.75) is 71.4 Å². The molecule has 2 heteroatoms. The minimum absolute atomic E-state index is 0.301. The molecule has 0 heterocycles. The van der Waals surface area contributed by atoms with Crippen LogP contribution in [0.4, 0.5) is 0 Å². The van der Waals surface area contributed by atoms with E-state index in [4.69, 9.17) is 0 Å². The zero-order valence-electron chi connectivity index (χ0n) is 11.7. The third kappa shape index (κ3) is 4.42. The van der Waals surface area contributed by atoms with Gasteiger partial charge in [0.05, 0.1) is 0 Å². The summed E-state index contributed by atoms with van der Waals surface area (Å²) in [4.78, 5) is 2.66. The number of nitrogens with one attached hydrogen (secondary N) is 1. The Morgan fingerprint density at radius 1 is 1.19 bits per heavy atom. The third-order valence-electron chi connectivity index (χ3n) is 4.13. The van der Waals surface area contributed by atoms with Crippen molar-refractivity contribution in [1.82, 2.24) is 10.2 Å². The minimum atomic E-state index is 0.301. The lowest BCUT2D eigenvalue weighted by molar-refractivity contribution is 0.201. The lowest BCUT2D eigenvalue weighted by Crippen LogP contribution is -2.45. The van der Waals surface area contributed by atoms with Crippen LogP contribution in [0.1, 0.15) is 59.8 Å². The normalized spacial score (nSPS) is 18.6. The SMILES string of the molecule is CCN(CCNC(C)(C)CC)C1CCCC1. The van der Waals surface area contributed by atoms with Crippen LogP contribution in [-0.2, 0) is 0 Å². The molecule has 1 N–H and O–H groups in total. The van der Waals surface area contributed by atoms with Crippen molar-refractivity contribution in [2.75, 3.05) is 19.6 Å². The lowest BCUT2D eigenvalue weighted by atomic mass is 10.0. The van der Waals surface area contributed by atoms with Crippen LogP contribution < -0.4 is 5.32 Å². The molecule has 1 fully saturated rings. The van der Waals surface area contributed by atoms with E-state index in [2.05, 4.69) is 37.9 Å². The molecule has 0 amide bonds. The molecule has 1 rings (SSSR count). The summed E-state index contributed by atoms with van der Waals surface area (Å²) in [5.74, 6) is 0. The monoisotopic (exact) mass is 226 g/mol. The average Bonchev–Trinajstić information content (AvgIpc) is 2.78. The maximum Gasteiger partial charge on any atom is 0.0123 e. The van der Waals surface area contributed by atoms with Gasteiger partial charge in [0.1, 0.15) is 0 Å². The number of likely N-dealkylation sites (N-methyl/N-ethyl adjacent to an activating group) is 1. The van der Waals surface area contributed by atoms with E-state index in [1.807, 2.05) is 0 Å². The zero-order chi connectivity index (χ0) is 12.0. The maximum atomic E-state index is 3.66. The molecule has 0 bridgehead atoms. The van der Waals surface area contributed by atoms with Gasteiger partial charge in [0.25, 0.3) is 0 Å². The average molecular weight is 226 g/mol. The fraction of sp³-hybridized carbons (Fsp3) is 1.00. The summed E-state index contributed by atoms with van der Waals surface area (Å²) in [5.41, 5.74) is 0.301. The molecule has 0 aromatic carbocycles. The standard InChI is InChI=1S/C14H30N2/c1-5-14(3,4)15-11-12-16(6-2)13-9-7-8-10-13/h13,15H,5-12H2,1-4H3. The van der Waals surface area contributed by atoms with E-state index in [9.17, 15) is 0 Å². The molecular formula is C14H30N2. The van der Waals surface area contributed by atoms with Crippen molar-refractivity contribution in [2.24, 2.45) is 0 Å². The fourth-order valence-corrected chi connectivity index (χ4v) is 2.53. The van der Waals surface area contributed by atoms with Gasteiger partial charge in [-0.25, -0.2) is 0 Å². The van der Waals surface area contributed by atoms with Crippen LogP contribution in [0.2, 0.25) is 0 Å². The second-order valence-corrected chi connectivity index (χ2v) is 5.73. The Labute approximate surface area is 102 Å². The molecule has 0 radical (unpaired) electrons. The Bertz CT molecular complexity index is 183. The van der Waals surface area contributed by atoms with Crippen LogP contribution >= 0.6 is 0 Å². The second kappa shape index (κ2) is 6.61. The lowest BCUT2D eigenvalue weighted by Gasteiger charge is -2.30. The summed E-state index contributed by atoms with van der Waals surface area (Å²) in [6, 6.07) is 0.872. The van der Waals surface area contributed by atoms with Crippen LogP contribution in [0.15, 0.2) is 0 Å². The van der Waals surface area contributed by atoms with Crippen molar-refractivity contribution in [1.29, 1.82) is 0 Å². The van der Waals surface area contributed by atoms with E-state index in [1.165, 1.54) is 45.2 Å². The maximum absolute atomic E-state index is 3.66. The van der Waals surface area contributed by atoms with Crippen molar-refractivity contribution in [3.05, 3.63) is 0 Å². The van der Waals surface area contributed by atoms with Gasteiger partial charge in [0.2, 0.25) is 0 Å². The van der Waals surface area contributed by atoms with Crippen molar-refractivity contribution in [3.8, 4) is 0 Å². The molecule has 0 spiro atoms. The summed E-state index contributed by atoms with van der Waals surface area (Å²) < 4.78 is 0. The predicted molar refractivity (Wildman–Crippen MR) is 71.9 cm³/mol. The second-order valence-electron chi connectivity index (χ2n) is 5.73. The van der Waals surface area contributed by atoms with E-state index in [0.29, 0.717) is 5.54 Å². The van der Waals surface area contributed by atoms with Gasteiger partial charge in [0, 0.05) is 24.7 Å². The van der Waals surface area contributed by atoms with E-state index >= 15 is 0 Å². The highest BCUT2D eigenvalue weighted by Gasteiger charge is 2.21. The van der Waals surface area contributed by atoms with Crippen LogP contribution in [0, 0.1) is 0 Å². The molecule has 1 aliphatic rings. The fourth-order valence-electron chi connectivity index (χ4n) is 2.53. The quantitative estimate of drug-likeness (QED) is 0.718. The van der Waals surface area contributed by atoms with Gasteiger partial charge in [-0.2, -0.15) is 0 Å². The number of nitrogens with zero attached hydrogens (tertiary/aromatic N) is 1. The Kier molecular flexibility index (Phi) is 5.77. The highest BCUT2D eigenvalue weighted by atomic mass is 15.2. The molecule has 0 atom stereocenters. The highest BCUT2D eigenvalue weighted by molar-refractivity contribution is 4.79. The summed E-state index contributed by atoms with van der Waals surface area (Å²) in [5, 5.41) is 3.66. The first-order valence-electron chi connectivity index (χ1n) is 7.08. The van der Waals surface area contributed by atoms with Crippen LogP contribution in [-0.4, -0.2) is 36.1 Å². The van der Waals surface area contributed by atoms with E-state index in [0.717, 1.165) is 12.6 Å². The summed E-state index contributed by atoms with van der Waals surface area (Å²) in [6.07, 6.45) is 6.92. The van der Waals surface area contributed by atoms with E-state index in [-0.39, 0.29) is 0 Å². The van der Waals surface area contributed by atoms with E-state index < -0.39 is 0 Å². The molecule has 0 aromatic rings. The van der Waals surface area contributed by atoms with Gasteiger partial charge in [-0.05, 0) is 39.7 Å². The Hall–Kier alpha value is -0.0800. The van der Waals surface area contributed by atoms with Crippen molar-refractivity contribution < 1.29 is 0 Å². The molecule has 0 unspecified atom stereocenters. The topological polar surface area (TPSA) is 15.3 Å². The Morgan fingerprint density at radius 2 is 1.81 bits per heavy atom. The van der Waals surface area contributed by atoms with Crippen LogP contribution in [0.3, 0.4) is 0 Å². The van der Waals surface area contributed by atoms with Gasteiger partial charge < -0.3 is 5.32 Å². The molecule has 1 saturated carbocycles. The first-order valence-corrected chi connectivity index (χ1v) is 7.08. The molecular weight excluding hydrogens is 196 g/mol. The Morgan fingerprint density at radius 3 is 2.31 bits per heavy atom. The van der Waals surface area contributed by atoms with Gasteiger partial charge in [-0.3, -0.25) is 4.90 Å². The molecule has 0 aliphatic heterocycles. The molecule has 2 nitrogen and oxygen atoms in total. The van der Waals surface area contributed by atoms with Crippen LogP contribution in [0.25, 0.3) is 0 Å². The number of hydrogen-bond acceptors (Lipinski definition) is 2.